The SMILES string of the molecule is C=C/C(=C(/C)N=CC)c1ccc(SC)cc1.CC.CC. The number of thioether (sulfide) groups is 1. The number of aliphatic imine (C=N–C) groups is 1. The van der Waals surface area contributed by atoms with E-state index in [0.717, 1.165) is 16.8 Å². The molecule has 0 atom stereocenters. The van der Waals surface area contributed by atoms with Gasteiger partial charge in [0.2, 0.25) is 0 Å². The predicted octanol–water partition coefficient (Wildman–Crippen LogP) is 6.47. The Morgan fingerprint density at radius 2 is 1.60 bits per heavy atom. The van der Waals surface area contributed by atoms with Crippen molar-refractivity contribution in [2.24, 2.45) is 4.99 Å². The van der Waals surface area contributed by atoms with Crippen molar-refractivity contribution in [1.29, 1.82) is 0 Å². The summed E-state index contributed by atoms with van der Waals surface area (Å²) in [4.78, 5) is 5.56. The van der Waals surface area contributed by atoms with Gasteiger partial charge in [-0.05, 0) is 37.8 Å². The molecule has 1 aromatic carbocycles. The summed E-state index contributed by atoms with van der Waals surface area (Å²) < 4.78 is 0. The van der Waals surface area contributed by atoms with E-state index < -0.39 is 0 Å². The van der Waals surface area contributed by atoms with Crippen molar-refractivity contribution in [3.8, 4) is 0 Å². The zero-order valence-electron chi connectivity index (χ0n) is 14.0. The summed E-state index contributed by atoms with van der Waals surface area (Å²) in [6.45, 7) is 15.8. The lowest BCUT2D eigenvalue weighted by Crippen LogP contribution is -1.85. The molecule has 0 bridgehead atoms. The zero-order valence-corrected chi connectivity index (χ0v) is 14.8. The summed E-state index contributed by atoms with van der Waals surface area (Å²) in [7, 11) is 0. The average Bonchev–Trinajstić information content (AvgIpc) is 2.53. The van der Waals surface area contributed by atoms with Crippen LogP contribution in [0.1, 0.15) is 47.1 Å². The predicted molar refractivity (Wildman–Crippen MR) is 97.9 cm³/mol. The summed E-state index contributed by atoms with van der Waals surface area (Å²) in [5.74, 6) is 0. The fourth-order valence-electron chi connectivity index (χ4n) is 1.51. The summed E-state index contributed by atoms with van der Waals surface area (Å²) in [6.07, 6.45) is 5.73. The van der Waals surface area contributed by atoms with Crippen LogP contribution in [-0.4, -0.2) is 12.5 Å². The molecule has 0 fully saturated rings. The first-order chi connectivity index (χ1) is 9.72. The van der Waals surface area contributed by atoms with Gasteiger partial charge in [0, 0.05) is 22.4 Å². The van der Waals surface area contributed by atoms with E-state index in [9.17, 15) is 0 Å². The van der Waals surface area contributed by atoms with Gasteiger partial charge in [-0.1, -0.05) is 52.5 Å². The second-order valence-electron chi connectivity index (χ2n) is 3.32. The van der Waals surface area contributed by atoms with Gasteiger partial charge in [0.1, 0.15) is 0 Å². The molecule has 0 spiro atoms. The number of hydrogen-bond acceptors (Lipinski definition) is 2. The van der Waals surface area contributed by atoms with Crippen molar-refractivity contribution in [2.45, 2.75) is 46.4 Å². The second kappa shape index (κ2) is 14.1. The van der Waals surface area contributed by atoms with Gasteiger partial charge in [0.15, 0.2) is 0 Å². The Balaban J connectivity index is 0. The smallest absolute Gasteiger partial charge is 0.0446 e. The maximum absolute atomic E-state index is 4.29. The molecule has 0 heterocycles. The van der Waals surface area contributed by atoms with Crippen molar-refractivity contribution < 1.29 is 0 Å². The molecule has 20 heavy (non-hydrogen) atoms. The summed E-state index contributed by atoms with van der Waals surface area (Å²) >= 11 is 1.74. The molecule has 112 valence electrons. The summed E-state index contributed by atoms with van der Waals surface area (Å²) in [5.41, 5.74) is 3.25. The summed E-state index contributed by atoms with van der Waals surface area (Å²) in [5, 5.41) is 0. The Bertz CT molecular complexity index is 414. The van der Waals surface area contributed by atoms with Gasteiger partial charge >= 0.3 is 0 Å². The fourth-order valence-corrected chi connectivity index (χ4v) is 1.92. The van der Waals surface area contributed by atoms with Crippen molar-refractivity contribution in [2.75, 3.05) is 6.26 Å². The number of hydrogen-bond donors (Lipinski definition) is 0. The molecule has 1 nitrogen and oxygen atoms in total. The Morgan fingerprint density at radius 3 is 1.95 bits per heavy atom. The van der Waals surface area contributed by atoms with Crippen LogP contribution in [-0.2, 0) is 0 Å². The first kappa shape index (κ1) is 21.0. The minimum absolute atomic E-state index is 0.995. The number of rotatable bonds is 4. The van der Waals surface area contributed by atoms with Crippen molar-refractivity contribution in [3.63, 3.8) is 0 Å². The third-order valence-electron chi connectivity index (χ3n) is 2.32. The topological polar surface area (TPSA) is 12.4 Å². The minimum atomic E-state index is 0.995. The first-order valence-corrected chi connectivity index (χ1v) is 8.41. The van der Waals surface area contributed by atoms with Crippen molar-refractivity contribution >= 4 is 23.5 Å². The monoisotopic (exact) mass is 291 g/mol. The second-order valence-corrected chi connectivity index (χ2v) is 4.20. The minimum Gasteiger partial charge on any atom is -0.266 e. The van der Waals surface area contributed by atoms with E-state index in [-0.39, 0.29) is 0 Å². The van der Waals surface area contributed by atoms with Crippen LogP contribution in [0, 0.1) is 0 Å². The Kier molecular flexibility index (Phi) is 14.9. The van der Waals surface area contributed by atoms with Crippen LogP contribution >= 0.6 is 11.8 Å². The maximum atomic E-state index is 4.29. The van der Waals surface area contributed by atoms with Crippen LogP contribution < -0.4 is 0 Å². The molecular weight excluding hydrogens is 262 g/mol. The first-order valence-electron chi connectivity index (χ1n) is 7.19. The van der Waals surface area contributed by atoms with Crippen LogP contribution in [0.4, 0.5) is 0 Å². The van der Waals surface area contributed by atoms with E-state index in [0.29, 0.717) is 0 Å². The molecule has 0 amide bonds. The zero-order chi connectivity index (χ0) is 16.0. The highest BCUT2D eigenvalue weighted by atomic mass is 32.2. The van der Waals surface area contributed by atoms with E-state index in [1.807, 2.05) is 47.6 Å². The molecule has 0 radical (unpaired) electrons. The van der Waals surface area contributed by atoms with Gasteiger partial charge in [0.05, 0.1) is 0 Å². The molecule has 1 rings (SSSR count). The van der Waals surface area contributed by atoms with E-state index in [2.05, 4.69) is 42.1 Å². The molecule has 2 heteroatoms. The lowest BCUT2D eigenvalue weighted by Gasteiger charge is -2.05. The van der Waals surface area contributed by atoms with E-state index >= 15 is 0 Å². The molecule has 0 aliphatic carbocycles. The molecular formula is C18H29NS. The van der Waals surface area contributed by atoms with Gasteiger partial charge < -0.3 is 0 Å². The quantitative estimate of drug-likeness (QED) is 0.352. The molecule has 0 saturated heterocycles. The van der Waals surface area contributed by atoms with Gasteiger partial charge in [-0.25, -0.2) is 0 Å². The van der Waals surface area contributed by atoms with Crippen LogP contribution in [0.2, 0.25) is 0 Å². The molecule has 0 aromatic heterocycles. The molecule has 1 aromatic rings. The lowest BCUT2D eigenvalue weighted by atomic mass is 10.0. The Labute approximate surface area is 129 Å². The Morgan fingerprint density at radius 1 is 1.10 bits per heavy atom. The standard InChI is InChI=1S/C14H17NS.2C2H6/c1-5-14(11(3)15-6-2)12-7-9-13(16-4)10-8-12;2*1-2/h5-10H,1H2,2-4H3;2*1-2H3/b14-11+,15-6?;;. The number of allylic oxidation sites excluding steroid dienone is 3. The highest BCUT2D eigenvalue weighted by Gasteiger charge is 2.01. The van der Waals surface area contributed by atoms with Crippen LogP contribution in [0.25, 0.3) is 5.57 Å². The van der Waals surface area contributed by atoms with E-state index in [4.69, 9.17) is 0 Å². The number of benzene rings is 1. The lowest BCUT2D eigenvalue weighted by molar-refractivity contribution is 1.31. The van der Waals surface area contributed by atoms with Gasteiger partial charge in [-0.3, -0.25) is 4.99 Å². The molecule has 0 saturated carbocycles. The molecule has 0 N–H and O–H groups in total. The van der Waals surface area contributed by atoms with E-state index in [1.54, 1.807) is 18.0 Å². The molecule has 0 aliphatic heterocycles. The highest BCUT2D eigenvalue weighted by Crippen LogP contribution is 2.23. The van der Waals surface area contributed by atoms with Crippen LogP contribution in [0.3, 0.4) is 0 Å². The molecule has 0 unspecified atom stereocenters. The van der Waals surface area contributed by atoms with E-state index in [1.165, 1.54) is 4.90 Å². The van der Waals surface area contributed by atoms with Crippen molar-refractivity contribution in [1.82, 2.24) is 0 Å². The third-order valence-corrected chi connectivity index (χ3v) is 3.06. The van der Waals surface area contributed by atoms with Crippen molar-refractivity contribution in [3.05, 3.63) is 48.2 Å². The Hall–Kier alpha value is -1.28. The highest BCUT2D eigenvalue weighted by molar-refractivity contribution is 7.98. The summed E-state index contributed by atoms with van der Waals surface area (Å²) in [6, 6.07) is 8.45. The van der Waals surface area contributed by atoms with Gasteiger partial charge in [-0.15, -0.1) is 11.8 Å². The molecule has 0 aliphatic rings. The van der Waals surface area contributed by atoms with Crippen LogP contribution in [0.15, 0.2) is 52.5 Å². The normalized spacial score (nSPS) is 10.8. The average molecular weight is 292 g/mol. The largest absolute Gasteiger partial charge is 0.266 e. The fraction of sp³-hybridized carbons (Fsp3) is 0.389. The van der Waals surface area contributed by atoms with Gasteiger partial charge in [0.25, 0.3) is 0 Å². The third kappa shape index (κ3) is 7.34. The number of nitrogens with zero attached hydrogens (tertiary/aromatic N) is 1. The van der Waals surface area contributed by atoms with Gasteiger partial charge in [-0.2, -0.15) is 0 Å². The maximum Gasteiger partial charge on any atom is 0.0446 e. The van der Waals surface area contributed by atoms with Crippen LogP contribution in [0.5, 0.6) is 0 Å².